The third kappa shape index (κ3) is 3.46. The molecule has 0 aliphatic carbocycles. The van der Waals surface area contributed by atoms with Crippen molar-refractivity contribution in [3.63, 3.8) is 0 Å². The highest BCUT2D eigenvalue weighted by Crippen LogP contribution is 2.36. The lowest BCUT2D eigenvalue weighted by atomic mass is 9.99. The number of benzene rings is 2. The molecule has 5 rings (SSSR count). The number of nitrogens with zero attached hydrogens (tertiary/aromatic N) is 5. The van der Waals surface area contributed by atoms with E-state index in [2.05, 4.69) is 28.3 Å². The van der Waals surface area contributed by atoms with Gasteiger partial charge >= 0.3 is 0 Å². The molecule has 1 fully saturated rings. The first-order valence-electron chi connectivity index (χ1n) is 10.7. The Hall–Kier alpha value is -2.87. The second kappa shape index (κ2) is 8.24. The van der Waals surface area contributed by atoms with Gasteiger partial charge in [0.1, 0.15) is 5.82 Å². The second-order valence-corrected chi connectivity index (χ2v) is 8.46. The zero-order valence-corrected chi connectivity index (χ0v) is 18.5. The Balaban J connectivity index is 1.60. The fourth-order valence-electron chi connectivity index (χ4n) is 4.44. The summed E-state index contributed by atoms with van der Waals surface area (Å²) < 4.78 is 14.7. The average molecular weight is 452 g/mol. The molecule has 6 nitrogen and oxygen atoms in total. The molecule has 8 heteroatoms. The molecule has 0 N–H and O–H groups in total. The maximum Gasteiger partial charge on any atom is 0.272 e. The van der Waals surface area contributed by atoms with E-state index in [9.17, 15) is 9.18 Å². The molecule has 1 amide bonds. The van der Waals surface area contributed by atoms with Gasteiger partial charge in [0, 0.05) is 42.3 Å². The number of carbonyl (C=O) groups is 1. The van der Waals surface area contributed by atoms with Gasteiger partial charge in [0.2, 0.25) is 0 Å². The normalized spacial score (nSPS) is 21.7. The van der Waals surface area contributed by atoms with Crippen LogP contribution in [-0.2, 0) is 4.79 Å². The molecule has 164 valence electrons. The number of amidine groups is 1. The summed E-state index contributed by atoms with van der Waals surface area (Å²) in [6.45, 7) is 10.5. The van der Waals surface area contributed by atoms with E-state index >= 15 is 0 Å². The Labute approximate surface area is 191 Å². The summed E-state index contributed by atoms with van der Waals surface area (Å²) in [7, 11) is 0. The van der Waals surface area contributed by atoms with Crippen molar-refractivity contribution in [2.45, 2.75) is 13.1 Å². The minimum absolute atomic E-state index is 0.153. The van der Waals surface area contributed by atoms with Gasteiger partial charge in [-0.15, -0.1) is 0 Å². The van der Waals surface area contributed by atoms with Crippen molar-refractivity contribution in [1.82, 2.24) is 9.80 Å². The van der Waals surface area contributed by atoms with Crippen LogP contribution in [0.5, 0.6) is 0 Å². The summed E-state index contributed by atoms with van der Waals surface area (Å²) in [5.41, 5.74) is 2.16. The standard InChI is InChI=1S/C24H23ClFN5O/c1-3-29-10-12-30(13-11-29)23-24(32)31-20-9-8-16(25)14-18(20)21(27-15(2)22(31)28-23)17-6-4-5-7-19(17)26/h4-9,14,23H,2-3,10-13H2,1H3. The quantitative estimate of drug-likeness (QED) is 0.717. The van der Waals surface area contributed by atoms with Crippen LogP contribution in [0.25, 0.3) is 0 Å². The molecule has 3 heterocycles. The first kappa shape index (κ1) is 21.0. The second-order valence-electron chi connectivity index (χ2n) is 8.02. The molecule has 0 bridgehead atoms. The number of likely N-dealkylation sites (N-methyl/N-ethyl adjacent to an activating group) is 1. The molecule has 1 atom stereocenters. The van der Waals surface area contributed by atoms with E-state index in [-0.39, 0.29) is 5.91 Å². The monoisotopic (exact) mass is 451 g/mol. The maximum atomic E-state index is 14.7. The van der Waals surface area contributed by atoms with Gasteiger partial charge in [-0.2, -0.15) is 0 Å². The number of hydrogen-bond donors (Lipinski definition) is 0. The third-order valence-electron chi connectivity index (χ3n) is 6.19. The van der Waals surface area contributed by atoms with Crippen LogP contribution in [0.4, 0.5) is 10.1 Å². The number of amides is 1. The SMILES string of the molecule is C=C1N=C(c2ccccc2F)c2cc(Cl)ccc2N2C(=O)C(N3CCN(CC)CC3)N=C12. The molecule has 3 aliphatic rings. The van der Waals surface area contributed by atoms with Crippen molar-refractivity contribution in [3.05, 3.63) is 76.7 Å². The van der Waals surface area contributed by atoms with E-state index < -0.39 is 12.0 Å². The molecule has 3 aliphatic heterocycles. The summed E-state index contributed by atoms with van der Waals surface area (Å²) in [5.74, 6) is -0.167. The topological polar surface area (TPSA) is 51.5 Å². The summed E-state index contributed by atoms with van der Waals surface area (Å²) in [4.78, 5) is 29.0. The average Bonchev–Trinajstić information content (AvgIpc) is 3.09. The predicted molar refractivity (Wildman–Crippen MR) is 125 cm³/mol. The lowest BCUT2D eigenvalue weighted by Crippen LogP contribution is -2.52. The zero-order chi connectivity index (χ0) is 22.4. The van der Waals surface area contributed by atoms with Gasteiger partial charge < -0.3 is 4.90 Å². The van der Waals surface area contributed by atoms with Crippen LogP contribution in [0.2, 0.25) is 5.02 Å². The Morgan fingerprint density at radius 1 is 1.12 bits per heavy atom. The summed E-state index contributed by atoms with van der Waals surface area (Å²) in [6.07, 6.45) is -0.616. The Bertz CT molecular complexity index is 1170. The van der Waals surface area contributed by atoms with Crippen molar-refractivity contribution in [2.24, 2.45) is 9.98 Å². The van der Waals surface area contributed by atoms with Crippen molar-refractivity contribution in [3.8, 4) is 0 Å². The Morgan fingerprint density at radius 3 is 2.59 bits per heavy atom. The molecule has 0 spiro atoms. The van der Waals surface area contributed by atoms with Crippen molar-refractivity contribution < 1.29 is 9.18 Å². The number of rotatable bonds is 3. The van der Waals surface area contributed by atoms with Gasteiger partial charge in [-0.05, 0) is 36.9 Å². The van der Waals surface area contributed by atoms with Crippen LogP contribution in [0, 0.1) is 5.82 Å². The minimum Gasteiger partial charge on any atom is -0.301 e. The van der Waals surface area contributed by atoms with Crippen molar-refractivity contribution in [1.29, 1.82) is 0 Å². The van der Waals surface area contributed by atoms with Gasteiger partial charge in [-0.3, -0.25) is 14.6 Å². The summed E-state index contributed by atoms with van der Waals surface area (Å²) in [6, 6.07) is 11.6. The molecule has 0 aromatic heterocycles. The van der Waals surface area contributed by atoms with Gasteiger partial charge in [-0.25, -0.2) is 14.4 Å². The fraction of sp³-hybridized carbons (Fsp3) is 0.292. The zero-order valence-electron chi connectivity index (χ0n) is 17.8. The summed E-state index contributed by atoms with van der Waals surface area (Å²) in [5, 5.41) is 0.470. The number of aliphatic imine (C=N–C) groups is 2. The largest absolute Gasteiger partial charge is 0.301 e. The third-order valence-corrected chi connectivity index (χ3v) is 6.42. The van der Waals surface area contributed by atoms with Gasteiger partial charge in [0.25, 0.3) is 5.91 Å². The first-order chi connectivity index (χ1) is 15.5. The molecule has 2 aromatic rings. The van der Waals surface area contributed by atoms with Crippen LogP contribution >= 0.6 is 11.6 Å². The lowest BCUT2D eigenvalue weighted by molar-refractivity contribution is -0.122. The lowest BCUT2D eigenvalue weighted by Gasteiger charge is -2.35. The highest BCUT2D eigenvalue weighted by molar-refractivity contribution is 6.35. The van der Waals surface area contributed by atoms with E-state index in [1.54, 1.807) is 41.3 Å². The van der Waals surface area contributed by atoms with E-state index in [0.717, 1.165) is 32.7 Å². The number of halogens is 2. The fourth-order valence-corrected chi connectivity index (χ4v) is 4.62. The van der Waals surface area contributed by atoms with E-state index in [1.807, 2.05) is 0 Å². The number of anilines is 1. The number of carbonyl (C=O) groups excluding carboxylic acids is 1. The van der Waals surface area contributed by atoms with Crippen molar-refractivity contribution >= 4 is 34.7 Å². The number of fused-ring (bicyclic) bond motifs is 3. The van der Waals surface area contributed by atoms with E-state index in [0.29, 0.717) is 39.1 Å². The van der Waals surface area contributed by atoms with Gasteiger partial charge in [-0.1, -0.05) is 37.2 Å². The van der Waals surface area contributed by atoms with Crippen LogP contribution in [0.15, 0.2) is 64.7 Å². The highest BCUT2D eigenvalue weighted by Gasteiger charge is 2.43. The van der Waals surface area contributed by atoms with Gasteiger partial charge in [0.15, 0.2) is 12.0 Å². The van der Waals surface area contributed by atoms with Crippen LogP contribution in [-0.4, -0.2) is 66.1 Å². The molecule has 1 unspecified atom stereocenters. The molecule has 0 saturated carbocycles. The molecule has 32 heavy (non-hydrogen) atoms. The molecule has 0 radical (unpaired) electrons. The number of piperazine rings is 1. The van der Waals surface area contributed by atoms with Gasteiger partial charge in [0.05, 0.1) is 17.1 Å². The van der Waals surface area contributed by atoms with Crippen LogP contribution < -0.4 is 4.90 Å². The van der Waals surface area contributed by atoms with Crippen molar-refractivity contribution in [2.75, 3.05) is 37.6 Å². The van der Waals surface area contributed by atoms with E-state index in [1.165, 1.54) is 6.07 Å². The Morgan fingerprint density at radius 2 is 1.88 bits per heavy atom. The van der Waals surface area contributed by atoms with Crippen LogP contribution in [0.1, 0.15) is 18.1 Å². The molecular weight excluding hydrogens is 429 g/mol. The number of hydrogen-bond acceptors (Lipinski definition) is 5. The minimum atomic E-state index is -0.616. The maximum absolute atomic E-state index is 14.7. The predicted octanol–water partition coefficient (Wildman–Crippen LogP) is 3.55. The molecule has 1 saturated heterocycles. The smallest absolute Gasteiger partial charge is 0.272 e. The molecule has 2 aromatic carbocycles. The van der Waals surface area contributed by atoms with E-state index in [4.69, 9.17) is 16.6 Å². The highest BCUT2D eigenvalue weighted by atomic mass is 35.5. The van der Waals surface area contributed by atoms with Crippen LogP contribution in [0.3, 0.4) is 0 Å². The summed E-state index contributed by atoms with van der Waals surface area (Å²) >= 11 is 6.30. The first-order valence-corrected chi connectivity index (χ1v) is 11.1. The molecular formula is C24H23ClFN5O. The Kier molecular flexibility index (Phi) is 5.41.